The van der Waals surface area contributed by atoms with Crippen LogP contribution in [0.3, 0.4) is 0 Å². The lowest BCUT2D eigenvalue weighted by atomic mass is 10.0. The van der Waals surface area contributed by atoms with E-state index in [1.807, 2.05) is 19.0 Å². The van der Waals surface area contributed by atoms with E-state index in [4.69, 9.17) is 9.47 Å². The van der Waals surface area contributed by atoms with Crippen LogP contribution in [0.1, 0.15) is 24.4 Å². The molecule has 1 aromatic rings. The molecule has 1 amide bonds. The zero-order valence-corrected chi connectivity index (χ0v) is 13.7. The Morgan fingerprint density at radius 1 is 1.36 bits per heavy atom. The molecule has 0 N–H and O–H groups in total. The van der Waals surface area contributed by atoms with Crippen molar-refractivity contribution in [2.75, 3.05) is 52.5 Å². The molecule has 1 heterocycles. The number of amides is 1. The van der Waals surface area contributed by atoms with Gasteiger partial charge in [0.15, 0.2) is 0 Å². The monoisotopic (exact) mass is 306 g/mol. The standard InChI is InChI=1S/C17H26N2O3/c1-18(2)15-7-4-6-14(12-15)16-8-5-9-19(16)17(20)13-22-11-10-21-3/h4,6-7,12,16H,5,8-11,13H2,1-3H3/t16-/m0/s1. The van der Waals surface area contributed by atoms with Crippen LogP contribution >= 0.6 is 0 Å². The molecule has 0 aliphatic carbocycles. The Bertz CT molecular complexity index is 491. The Kier molecular flexibility index (Phi) is 6.21. The maximum absolute atomic E-state index is 12.4. The highest BCUT2D eigenvalue weighted by Gasteiger charge is 2.29. The summed E-state index contributed by atoms with van der Waals surface area (Å²) in [6.45, 7) is 1.91. The van der Waals surface area contributed by atoms with E-state index in [2.05, 4.69) is 29.2 Å². The van der Waals surface area contributed by atoms with Crippen molar-refractivity contribution in [3.8, 4) is 0 Å². The normalized spacial score (nSPS) is 17.8. The molecule has 0 spiro atoms. The maximum Gasteiger partial charge on any atom is 0.249 e. The molecule has 1 saturated heterocycles. The molecule has 22 heavy (non-hydrogen) atoms. The second-order valence-corrected chi connectivity index (χ2v) is 5.78. The van der Waals surface area contributed by atoms with Gasteiger partial charge >= 0.3 is 0 Å². The summed E-state index contributed by atoms with van der Waals surface area (Å²) in [5, 5.41) is 0. The molecule has 1 aliphatic heterocycles. The van der Waals surface area contributed by atoms with Crippen molar-refractivity contribution in [3.63, 3.8) is 0 Å². The lowest BCUT2D eigenvalue weighted by molar-refractivity contribution is -0.137. The number of ether oxygens (including phenoxy) is 2. The van der Waals surface area contributed by atoms with Gasteiger partial charge in [-0.3, -0.25) is 4.79 Å². The molecule has 1 aliphatic rings. The number of hydrogen-bond acceptors (Lipinski definition) is 4. The SMILES string of the molecule is COCCOCC(=O)N1CCC[C@H]1c1cccc(N(C)C)c1. The minimum Gasteiger partial charge on any atom is -0.382 e. The number of benzene rings is 1. The van der Waals surface area contributed by atoms with E-state index in [9.17, 15) is 4.79 Å². The molecule has 0 saturated carbocycles. The fraction of sp³-hybridized carbons (Fsp3) is 0.588. The molecule has 5 nitrogen and oxygen atoms in total. The Morgan fingerprint density at radius 3 is 2.91 bits per heavy atom. The average molecular weight is 306 g/mol. The lowest BCUT2D eigenvalue weighted by Gasteiger charge is -2.26. The van der Waals surface area contributed by atoms with Crippen LogP contribution in [0.4, 0.5) is 5.69 Å². The van der Waals surface area contributed by atoms with Crippen LogP contribution in [0.25, 0.3) is 0 Å². The molecule has 1 fully saturated rings. The van der Waals surface area contributed by atoms with Gasteiger partial charge in [-0.1, -0.05) is 12.1 Å². The van der Waals surface area contributed by atoms with Crippen LogP contribution in [-0.2, 0) is 14.3 Å². The molecule has 1 aromatic carbocycles. The molecule has 1 atom stereocenters. The first-order valence-corrected chi connectivity index (χ1v) is 7.77. The Balaban J connectivity index is 2.00. The van der Waals surface area contributed by atoms with Crippen LogP contribution in [0, 0.1) is 0 Å². The highest BCUT2D eigenvalue weighted by Crippen LogP contribution is 2.33. The number of hydrogen-bond donors (Lipinski definition) is 0. The third kappa shape index (κ3) is 4.21. The fourth-order valence-corrected chi connectivity index (χ4v) is 2.81. The summed E-state index contributed by atoms with van der Waals surface area (Å²) in [5.41, 5.74) is 2.36. The second kappa shape index (κ2) is 8.15. The van der Waals surface area contributed by atoms with Gasteiger partial charge in [0.2, 0.25) is 5.91 Å². The van der Waals surface area contributed by atoms with Gasteiger partial charge < -0.3 is 19.3 Å². The van der Waals surface area contributed by atoms with Gasteiger partial charge in [-0.15, -0.1) is 0 Å². The number of carbonyl (C=O) groups is 1. The first kappa shape index (κ1) is 16.8. The number of rotatable bonds is 7. The largest absolute Gasteiger partial charge is 0.382 e. The predicted octanol–water partition coefficient (Wildman–Crippen LogP) is 2.08. The highest BCUT2D eigenvalue weighted by molar-refractivity contribution is 5.78. The topological polar surface area (TPSA) is 42.0 Å². The van der Waals surface area contributed by atoms with E-state index in [-0.39, 0.29) is 18.6 Å². The van der Waals surface area contributed by atoms with Crippen molar-refractivity contribution >= 4 is 11.6 Å². The molecule has 0 radical (unpaired) electrons. The highest BCUT2D eigenvalue weighted by atomic mass is 16.5. The van der Waals surface area contributed by atoms with E-state index in [0.29, 0.717) is 13.2 Å². The fourth-order valence-electron chi connectivity index (χ4n) is 2.81. The summed E-state index contributed by atoms with van der Waals surface area (Å²) in [6, 6.07) is 8.58. The Hall–Kier alpha value is -1.59. The van der Waals surface area contributed by atoms with Crippen molar-refractivity contribution < 1.29 is 14.3 Å². The van der Waals surface area contributed by atoms with Gasteiger partial charge in [0, 0.05) is 33.4 Å². The van der Waals surface area contributed by atoms with Gasteiger partial charge in [0.05, 0.1) is 19.3 Å². The predicted molar refractivity (Wildman–Crippen MR) is 87.2 cm³/mol. The van der Waals surface area contributed by atoms with Crippen LogP contribution < -0.4 is 4.90 Å². The molecule has 0 unspecified atom stereocenters. The first-order chi connectivity index (χ1) is 10.6. The van der Waals surface area contributed by atoms with Crippen molar-refractivity contribution in [3.05, 3.63) is 29.8 Å². The third-order valence-electron chi connectivity index (χ3n) is 4.00. The molecular formula is C17H26N2O3. The van der Waals surface area contributed by atoms with Gasteiger partial charge in [-0.2, -0.15) is 0 Å². The number of likely N-dealkylation sites (tertiary alicyclic amines) is 1. The van der Waals surface area contributed by atoms with Gasteiger partial charge in [0.1, 0.15) is 6.61 Å². The van der Waals surface area contributed by atoms with Crippen LogP contribution in [0.15, 0.2) is 24.3 Å². The molecule has 2 rings (SSSR count). The lowest BCUT2D eigenvalue weighted by Crippen LogP contribution is -2.34. The number of carbonyl (C=O) groups excluding carboxylic acids is 1. The average Bonchev–Trinajstić information content (AvgIpc) is 3.01. The summed E-state index contributed by atoms with van der Waals surface area (Å²) in [5.74, 6) is 0.0638. The van der Waals surface area contributed by atoms with Crippen LogP contribution in [0.5, 0.6) is 0 Å². The number of methoxy groups -OCH3 is 1. The Labute approximate surface area is 132 Å². The maximum atomic E-state index is 12.4. The number of anilines is 1. The molecule has 5 heteroatoms. The van der Waals surface area contributed by atoms with E-state index in [0.717, 1.165) is 25.1 Å². The molecule has 0 aromatic heterocycles. The van der Waals surface area contributed by atoms with Crippen molar-refractivity contribution in [1.29, 1.82) is 0 Å². The summed E-state index contributed by atoms with van der Waals surface area (Å²) < 4.78 is 10.3. The van der Waals surface area contributed by atoms with Gasteiger partial charge in [-0.25, -0.2) is 0 Å². The second-order valence-electron chi connectivity index (χ2n) is 5.78. The van der Waals surface area contributed by atoms with Crippen molar-refractivity contribution in [1.82, 2.24) is 4.90 Å². The van der Waals surface area contributed by atoms with Crippen molar-refractivity contribution in [2.45, 2.75) is 18.9 Å². The summed E-state index contributed by atoms with van der Waals surface area (Å²) in [7, 11) is 5.68. The van der Waals surface area contributed by atoms with Crippen LogP contribution in [-0.4, -0.2) is 58.4 Å². The summed E-state index contributed by atoms with van der Waals surface area (Å²) >= 11 is 0. The summed E-state index contributed by atoms with van der Waals surface area (Å²) in [4.78, 5) is 16.4. The quantitative estimate of drug-likeness (QED) is 0.723. The Morgan fingerprint density at radius 2 is 2.18 bits per heavy atom. The number of nitrogens with zero attached hydrogens (tertiary/aromatic N) is 2. The van der Waals surface area contributed by atoms with Gasteiger partial charge in [-0.05, 0) is 30.5 Å². The molecule has 0 bridgehead atoms. The molecular weight excluding hydrogens is 280 g/mol. The summed E-state index contributed by atoms with van der Waals surface area (Å²) in [6.07, 6.45) is 2.06. The smallest absolute Gasteiger partial charge is 0.249 e. The molecule has 122 valence electrons. The van der Waals surface area contributed by atoms with E-state index < -0.39 is 0 Å². The van der Waals surface area contributed by atoms with E-state index >= 15 is 0 Å². The third-order valence-corrected chi connectivity index (χ3v) is 4.00. The van der Waals surface area contributed by atoms with Crippen LogP contribution in [0.2, 0.25) is 0 Å². The minimum absolute atomic E-state index is 0.0638. The minimum atomic E-state index is 0.0638. The van der Waals surface area contributed by atoms with Crippen molar-refractivity contribution in [2.24, 2.45) is 0 Å². The first-order valence-electron chi connectivity index (χ1n) is 7.77. The van der Waals surface area contributed by atoms with E-state index in [1.54, 1.807) is 7.11 Å². The van der Waals surface area contributed by atoms with E-state index in [1.165, 1.54) is 5.56 Å². The van der Waals surface area contributed by atoms with Gasteiger partial charge in [0.25, 0.3) is 0 Å². The zero-order chi connectivity index (χ0) is 15.9. The zero-order valence-electron chi connectivity index (χ0n) is 13.7.